The van der Waals surface area contributed by atoms with Crippen LogP contribution in [0.2, 0.25) is 0 Å². The number of thiophene rings is 1. The lowest BCUT2D eigenvalue weighted by atomic mass is 10.1. The molecule has 3 rings (SSSR count). The first-order valence-corrected chi connectivity index (χ1v) is 11.6. The zero-order chi connectivity index (χ0) is 24.5. The fraction of sp³-hybridized carbons (Fsp3) is 0.524. The van der Waals surface area contributed by atoms with E-state index in [4.69, 9.17) is 27.0 Å². The second-order valence-electron chi connectivity index (χ2n) is 8.89. The third-order valence-electron chi connectivity index (χ3n) is 5.18. The number of hydrogen-bond acceptors (Lipinski definition) is 9. The quantitative estimate of drug-likeness (QED) is 0.343. The third kappa shape index (κ3) is 5.28. The van der Waals surface area contributed by atoms with E-state index in [1.54, 1.807) is 20.8 Å². The number of carbonyl (C=O) groups is 3. The molecule has 6 N–H and O–H groups in total. The van der Waals surface area contributed by atoms with Gasteiger partial charge in [0.2, 0.25) is 0 Å². The van der Waals surface area contributed by atoms with E-state index in [9.17, 15) is 14.4 Å². The van der Waals surface area contributed by atoms with Crippen LogP contribution in [0.5, 0.6) is 0 Å². The standard InChI is InChI=1S/C21H31N7O4S/c1-5-6-12-11-13(25-18-14(12)15(22)16(33-18)17(23)29)26-7-9-27(10-8-26)19(30)28(24)20(31)32-21(2,3)4/h11H,5-10,22,24H2,1-4H3,(H2,23,29). The summed E-state index contributed by atoms with van der Waals surface area (Å²) in [6.45, 7) is 8.89. The number of urea groups is 1. The Bertz CT molecular complexity index is 1070. The molecule has 0 atom stereocenters. The first-order chi connectivity index (χ1) is 15.4. The summed E-state index contributed by atoms with van der Waals surface area (Å²) in [7, 11) is 0. The number of anilines is 2. The van der Waals surface area contributed by atoms with Crippen molar-refractivity contribution in [3.63, 3.8) is 0 Å². The van der Waals surface area contributed by atoms with Crippen molar-refractivity contribution in [3.05, 3.63) is 16.5 Å². The smallest absolute Gasteiger partial charge is 0.433 e. The van der Waals surface area contributed by atoms with Gasteiger partial charge in [-0.05, 0) is 38.8 Å². The SMILES string of the molecule is CCCc1cc(N2CCN(C(=O)N(N)C(=O)OC(C)(C)C)CC2)nc2sc(C(N)=O)c(N)c12. The number of primary amides is 1. The van der Waals surface area contributed by atoms with Gasteiger partial charge in [0.1, 0.15) is 21.1 Å². The van der Waals surface area contributed by atoms with Gasteiger partial charge >= 0.3 is 12.1 Å². The number of fused-ring (bicyclic) bond motifs is 1. The Morgan fingerprint density at radius 3 is 2.39 bits per heavy atom. The number of ether oxygens (including phenoxy) is 1. The molecule has 2 aromatic heterocycles. The van der Waals surface area contributed by atoms with Crippen molar-refractivity contribution < 1.29 is 19.1 Å². The van der Waals surface area contributed by atoms with E-state index in [1.165, 1.54) is 16.2 Å². The van der Waals surface area contributed by atoms with Gasteiger partial charge in [-0.2, -0.15) is 5.01 Å². The number of nitrogens with two attached hydrogens (primary N) is 3. The number of piperazine rings is 1. The summed E-state index contributed by atoms with van der Waals surface area (Å²) in [5.41, 5.74) is 12.3. The van der Waals surface area contributed by atoms with Gasteiger partial charge in [0.05, 0.1) is 5.69 Å². The summed E-state index contributed by atoms with van der Waals surface area (Å²) in [6.07, 6.45) is 0.785. The molecule has 0 saturated carbocycles. The third-order valence-corrected chi connectivity index (χ3v) is 6.29. The zero-order valence-corrected chi connectivity index (χ0v) is 20.2. The van der Waals surface area contributed by atoms with Crippen molar-refractivity contribution >= 4 is 51.1 Å². The number of hydrazine groups is 1. The lowest BCUT2D eigenvalue weighted by Crippen LogP contribution is -2.56. The Kier molecular flexibility index (Phi) is 6.98. The van der Waals surface area contributed by atoms with Crippen molar-refractivity contribution in [1.82, 2.24) is 14.9 Å². The van der Waals surface area contributed by atoms with Crippen LogP contribution in [0.3, 0.4) is 0 Å². The Labute approximate surface area is 196 Å². The van der Waals surface area contributed by atoms with E-state index in [2.05, 4.69) is 11.8 Å². The van der Waals surface area contributed by atoms with Gasteiger partial charge in [-0.1, -0.05) is 13.3 Å². The van der Waals surface area contributed by atoms with Crippen LogP contribution in [-0.4, -0.2) is 64.7 Å². The van der Waals surface area contributed by atoms with Crippen molar-refractivity contribution in [2.45, 2.75) is 46.1 Å². The summed E-state index contributed by atoms with van der Waals surface area (Å²) < 4.78 is 5.16. The van der Waals surface area contributed by atoms with Gasteiger partial charge in [0, 0.05) is 31.6 Å². The van der Waals surface area contributed by atoms with Gasteiger partial charge in [-0.25, -0.2) is 20.4 Å². The van der Waals surface area contributed by atoms with Crippen LogP contribution in [0.15, 0.2) is 6.07 Å². The van der Waals surface area contributed by atoms with Gasteiger partial charge in [-0.15, -0.1) is 11.3 Å². The molecule has 3 heterocycles. The second kappa shape index (κ2) is 9.40. The Morgan fingerprint density at radius 1 is 1.21 bits per heavy atom. The molecule has 0 unspecified atom stereocenters. The molecule has 0 spiro atoms. The lowest BCUT2D eigenvalue weighted by molar-refractivity contribution is 0.0281. The van der Waals surface area contributed by atoms with Gasteiger partial charge in [-0.3, -0.25) is 4.79 Å². The molecule has 0 radical (unpaired) electrons. The molecule has 2 aromatic rings. The highest BCUT2D eigenvalue weighted by molar-refractivity contribution is 7.21. The van der Waals surface area contributed by atoms with E-state index < -0.39 is 23.6 Å². The maximum Gasteiger partial charge on any atom is 0.433 e. The van der Waals surface area contributed by atoms with Crippen LogP contribution in [0.1, 0.15) is 49.4 Å². The number of hydrogen-bond donors (Lipinski definition) is 3. The van der Waals surface area contributed by atoms with Crippen LogP contribution in [0.25, 0.3) is 10.2 Å². The van der Waals surface area contributed by atoms with Gasteiger partial charge in [0.25, 0.3) is 5.91 Å². The highest BCUT2D eigenvalue weighted by Gasteiger charge is 2.31. The number of imide groups is 1. The van der Waals surface area contributed by atoms with Crippen molar-refractivity contribution in [2.75, 3.05) is 36.8 Å². The molecule has 0 aromatic carbocycles. The number of rotatable bonds is 4. The molecule has 1 fully saturated rings. The normalized spacial score (nSPS) is 14.5. The number of amides is 4. The largest absolute Gasteiger partial charge is 0.442 e. The van der Waals surface area contributed by atoms with E-state index >= 15 is 0 Å². The molecule has 0 bridgehead atoms. The highest BCUT2D eigenvalue weighted by atomic mass is 32.1. The van der Waals surface area contributed by atoms with Crippen LogP contribution in [0, 0.1) is 0 Å². The van der Waals surface area contributed by atoms with Gasteiger partial charge < -0.3 is 26.0 Å². The Morgan fingerprint density at radius 2 is 1.85 bits per heavy atom. The first kappa shape index (κ1) is 24.5. The number of nitrogen functional groups attached to an aromatic ring is 1. The van der Waals surface area contributed by atoms with E-state index in [-0.39, 0.29) is 0 Å². The second-order valence-corrected chi connectivity index (χ2v) is 9.88. The summed E-state index contributed by atoms with van der Waals surface area (Å²) in [6, 6.07) is 1.36. The summed E-state index contributed by atoms with van der Waals surface area (Å²) in [5.74, 6) is 5.87. The summed E-state index contributed by atoms with van der Waals surface area (Å²) in [5, 5.41) is 1.29. The van der Waals surface area contributed by atoms with E-state index in [1.807, 2.05) is 6.07 Å². The zero-order valence-electron chi connectivity index (χ0n) is 19.4. The predicted octanol–water partition coefficient (Wildman–Crippen LogP) is 2.28. The molecular formula is C21H31N7O4S. The van der Waals surface area contributed by atoms with E-state index in [0.29, 0.717) is 46.6 Å². The molecule has 180 valence electrons. The molecule has 12 heteroatoms. The van der Waals surface area contributed by atoms with Crippen LogP contribution < -0.4 is 22.2 Å². The number of pyridine rings is 1. The summed E-state index contributed by atoms with van der Waals surface area (Å²) in [4.78, 5) is 45.7. The fourth-order valence-corrected chi connectivity index (χ4v) is 4.65. The molecular weight excluding hydrogens is 446 g/mol. The summed E-state index contributed by atoms with van der Waals surface area (Å²) >= 11 is 1.19. The van der Waals surface area contributed by atoms with Crippen LogP contribution >= 0.6 is 11.3 Å². The number of carbonyl (C=O) groups excluding carboxylic acids is 3. The Balaban J connectivity index is 1.76. The highest BCUT2D eigenvalue weighted by Crippen LogP contribution is 2.37. The van der Waals surface area contributed by atoms with Crippen molar-refractivity contribution in [2.24, 2.45) is 11.6 Å². The number of aromatic nitrogens is 1. The van der Waals surface area contributed by atoms with Gasteiger partial charge in [0.15, 0.2) is 0 Å². The molecule has 1 saturated heterocycles. The Hall–Kier alpha value is -3.12. The minimum Gasteiger partial charge on any atom is -0.442 e. The molecule has 11 nitrogen and oxygen atoms in total. The topological polar surface area (TPSA) is 161 Å². The van der Waals surface area contributed by atoms with Crippen LogP contribution in [0.4, 0.5) is 21.1 Å². The van der Waals surface area contributed by atoms with Crippen LogP contribution in [-0.2, 0) is 11.2 Å². The molecule has 1 aliphatic rings. The predicted molar refractivity (Wildman–Crippen MR) is 128 cm³/mol. The monoisotopic (exact) mass is 477 g/mol. The number of aryl methyl sites for hydroxylation is 1. The molecule has 1 aliphatic heterocycles. The fourth-order valence-electron chi connectivity index (χ4n) is 3.66. The van der Waals surface area contributed by atoms with Crippen molar-refractivity contribution in [3.8, 4) is 0 Å². The molecule has 4 amide bonds. The maximum absolute atomic E-state index is 12.6. The molecule has 33 heavy (non-hydrogen) atoms. The maximum atomic E-state index is 12.6. The van der Waals surface area contributed by atoms with Crippen molar-refractivity contribution in [1.29, 1.82) is 0 Å². The number of nitrogens with zero attached hydrogens (tertiary/aromatic N) is 4. The van der Waals surface area contributed by atoms with E-state index in [0.717, 1.165) is 29.6 Å². The average Bonchev–Trinajstić information content (AvgIpc) is 3.08. The minimum atomic E-state index is -0.896. The first-order valence-electron chi connectivity index (χ1n) is 10.8. The molecule has 0 aliphatic carbocycles. The minimum absolute atomic E-state index is 0.313. The average molecular weight is 478 g/mol. The lowest BCUT2D eigenvalue weighted by Gasteiger charge is -2.36.